The zero-order chi connectivity index (χ0) is 15.3. The zero-order valence-corrected chi connectivity index (χ0v) is 14.3. The van der Waals surface area contributed by atoms with Gasteiger partial charge in [-0.3, -0.25) is 0 Å². The summed E-state index contributed by atoms with van der Waals surface area (Å²) < 4.78 is 10.8. The highest BCUT2D eigenvalue weighted by Crippen LogP contribution is 2.19. The highest BCUT2D eigenvalue weighted by molar-refractivity contribution is 7.34. The second kappa shape index (κ2) is 7.42. The third kappa shape index (κ3) is 3.99. The fraction of sp³-hybridized carbons (Fsp3) is 0.333. The molecule has 2 nitrogen and oxygen atoms in total. The monoisotopic (exact) mass is 332 g/mol. The van der Waals surface area contributed by atoms with Gasteiger partial charge >= 0.3 is 0 Å². The molecule has 0 spiro atoms. The normalized spacial score (nSPS) is 17.4. The van der Waals surface area contributed by atoms with E-state index in [0.717, 1.165) is 25.7 Å². The van der Waals surface area contributed by atoms with Crippen LogP contribution in [0.2, 0.25) is 6.04 Å². The second-order valence-corrected chi connectivity index (χ2v) is 10.9. The number of rotatable bonds is 8. The van der Waals surface area contributed by atoms with Gasteiger partial charge in [0.25, 0.3) is 0 Å². The zero-order valence-electron chi connectivity index (χ0n) is 12.6. The van der Waals surface area contributed by atoms with Crippen molar-refractivity contribution in [1.29, 1.82) is 0 Å². The van der Waals surface area contributed by atoms with Crippen LogP contribution in [0.3, 0.4) is 0 Å². The van der Waals surface area contributed by atoms with Gasteiger partial charge in [0.05, 0.1) is 13.2 Å². The maximum absolute atomic E-state index is 7.20. The van der Waals surface area contributed by atoms with Crippen LogP contribution in [0.15, 0.2) is 60.7 Å². The van der Waals surface area contributed by atoms with Crippen LogP contribution in [0.25, 0.3) is 0 Å². The van der Waals surface area contributed by atoms with Gasteiger partial charge < -0.3 is 9.47 Å². The summed E-state index contributed by atoms with van der Waals surface area (Å²) >= 11 is 7.20. The number of benzene rings is 2. The van der Waals surface area contributed by atoms with Gasteiger partial charge in [-0.1, -0.05) is 60.7 Å². The van der Waals surface area contributed by atoms with E-state index in [9.17, 15) is 0 Å². The van der Waals surface area contributed by atoms with E-state index in [1.807, 2.05) is 12.1 Å². The molecular weight excluding hydrogens is 312 g/mol. The summed E-state index contributed by atoms with van der Waals surface area (Å²) in [6, 6.07) is 22.0. The number of epoxide rings is 1. The quantitative estimate of drug-likeness (QED) is 0.321. The Labute approximate surface area is 137 Å². The summed E-state index contributed by atoms with van der Waals surface area (Å²) in [6.45, 7) is 2.32. The van der Waals surface area contributed by atoms with Crippen LogP contribution < -0.4 is 10.4 Å². The van der Waals surface area contributed by atoms with Crippen molar-refractivity contribution in [2.45, 2.75) is 18.6 Å². The highest BCUT2D eigenvalue weighted by atomic mass is 35.6. The molecule has 1 heterocycles. The molecule has 1 saturated heterocycles. The molecule has 22 heavy (non-hydrogen) atoms. The van der Waals surface area contributed by atoms with Crippen molar-refractivity contribution in [3.8, 4) is 0 Å². The van der Waals surface area contributed by atoms with Crippen LogP contribution in [-0.2, 0) is 9.47 Å². The van der Waals surface area contributed by atoms with Gasteiger partial charge in [-0.05, 0) is 22.8 Å². The van der Waals surface area contributed by atoms with Crippen molar-refractivity contribution in [1.82, 2.24) is 0 Å². The first-order valence-corrected chi connectivity index (χ1v) is 11.0. The Morgan fingerprint density at radius 1 is 1.00 bits per heavy atom. The SMILES string of the molecule is Cl[Si](CCCOCC1CO1)(c1ccccc1)c1ccccc1. The fourth-order valence-corrected chi connectivity index (χ4v) is 6.80. The largest absolute Gasteiger partial charge is 0.379 e. The molecule has 1 aliphatic heterocycles. The van der Waals surface area contributed by atoms with Crippen LogP contribution in [0.1, 0.15) is 6.42 Å². The van der Waals surface area contributed by atoms with Crippen molar-refractivity contribution in [3.05, 3.63) is 60.7 Å². The van der Waals surface area contributed by atoms with Crippen LogP contribution >= 0.6 is 11.1 Å². The van der Waals surface area contributed by atoms with E-state index in [-0.39, 0.29) is 0 Å². The predicted molar refractivity (Wildman–Crippen MR) is 93.7 cm³/mol. The van der Waals surface area contributed by atoms with E-state index in [1.54, 1.807) is 0 Å². The predicted octanol–water partition coefficient (Wildman–Crippen LogP) is 2.79. The summed E-state index contributed by atoms with van der Waals surface area (Å²) in [7, 11) is -2.20. The fourth-order valence-electron chi connectivity index (χ4n) is 2.66. The molecule has 2 aromatic carbocycles. The molecule has 0 aliphatic carbocycles. The van der Waals surface area contributed by atoms with E-state index in [1.165, 1.54) is 10.4 Å². The standard InChI is InChI=1S/C18H21ClO2Si/c19-22(17-8-3-1-4-9-17,18-10-5-2-6-11-18)13-7-12-20-14-16-15-21-16/h1-6,8-11,16H,7,12-15H2. The maximum atomic E-state index is 7.20. The summed E-state index contributed by atoms with van der Waals surface area (Å²) in [6.07, 6.45) is 1.31. The minimum Gasteiger partial charge on any atom is -0.379 e. The van der Waals surface area contributed by atoms with Gasteiger partial charge in [0.1, 0.15) is 6.10 Å². The lowest BCUT2D eigenvalue weighted by molar-refractivity contribution is 0.117. The number of hydrogen-bond donors (Lipinski definition) is 0. The second-order valence-electron chi connectivity index (χ2n) is 5.67. The van der Waals surface area contributed by atoms with Gasteiger partial charge in [-0.25, -0.2) is 0 Å². The lowest BCUT2D eigenvalue weighted by atomic mass is 10.4. The molecule has 1 atom stereocenters. The van der Waals surface area contributed by atoms with Gasteiger partial charge in [0.2, 0.25) is 7.38 Å². The molecule has 4 heteroatoms. The molecule has 1 unspecified atom stereocenters. The average Bonchev–Trinajstić information content (AvgIpc) is 3.40. The molecule has 3 rings (SSSR count). The molecular formula is C18H21ClO2Si. The molecule has 0 aromatic heterocycles. The van der Waals surface area contributed by atoms with Crippen molar-refractivity contribution in [3.63, 3.8) is 0 Å². The number of ether oxygens (including phenoxy) is 2. The van der Waals surface area contributed by atoms with Crippen molar-refractivity contribution in [2.24, 2.45) is 0 Å². The summed E-state index contributed by atoms with van der Waals surface area (Å²) in [5.41, 5.74) is 0. The van der Waals surface area contributed by atoms with Gasteiger partial charge in [-0.15, -0.1) is 0 Å². The van der Waals surface area contributed by atoms with Crippen molar-refractivity contribution in [2.75, 3.05) is 19.8 Å². The van der Waals surface area contributed by atoms with E-state index in [4.69, 9.17) is 20.6 Å². The minimum atomic E-state index is -2.20. The van der Waals surface area contributed by atoms with E-state index in [0.29, 0.717) is 12.7 Å². The van der Waals surface area contributed by atoms with Crippen LogP contribution in [0.5, 0.6) is 0 Å². The van der Waals surface area contributed by atoms with E-state index < -0.39 is 7.38 Å². The third-order valence-corrected chi connectivity index (χ3v) is 9.39. The Morgan fingerprint density at radius 2 is 1.55 bits per heavy atom. The summed E-state index contributed by atoms with van der Waals surface area (Å²) in [4.78, 5) is 0. The van der Waals surface area contributed by atoms with E-state index >= 15 is 0 Å². The Hall–Kier alpha value is -1.13. The Balaban J connectivity index is 1.68. The molecule has 116 valence electrons. The van der Waals surface area contributed by atoms with Crippen LogP contribution in [0, 0.1) is 0 Å². The van der Waals surface area contributed by atoms with Crippen molar-refractivity contribution >= 4 is 28.8 Å². The Bertz CT molecular complexity index is 533. The molecule has 1 aliphatic rings. The first-order valence-electron chi connectivity index (χ1n) is 7.78. The van der Waals surface area contributed by atoms with Gasteiger partial charge in [-0.2, -0.15) is 11.1 Å². The molecule has 0 bridgehead atoms. The Kier molecular flexibility index (Phi) is 5.31. The Morgan fingerprint density at radius 3 is 2.05 bits per heavy atom. The smallest absolute Gasteiger partial charge is 0.217 e. The average molecular weight is 333 g/mol. The highest BCUT2D eigenvalue weighted by Gasteiger charge is 2.34. The lowest BCUT2D eigenvalue weighted by Crippen LogP contribution is -2.53. The maximum Gasteiger partial charge on any atom is 0.217 e. The first-order chi connectivity index (χ1) is 10.8. The van der Waals surface area contributed by atoms with Gasteiger partial charge in [0.15, 0.2) is 0 Å². The lowest BCUT2D eigenvalue weighted by Gasteiger charge is -2.25. The van der Waals surface area contributed by atoms with Gasteiger partial charge in [0, 0.05) is 6.61 Å². The third-order valence-electron chi connectivity index (χ3n) is 3.98. The molecule has 1 fully saturated rings. The molecule has 0 amide bonds. The first kappa shape index (κ1) is 15.8. The molecule has 0 N–H and O–H groups in total. The minimum absolute atomic E-state index is 0.334. The molecule has 0 saturated carbocycles. The topological polar surface area (TPSA) is 21.8 Å². The van der Waals surface area contributed by atoms with Crippen molar-refractivity contribution < 1.29 is 9.47 Å². The van der Waals surface area contributed by atoms with Crippen LogP contribution in [0.4, 0.5) is 0 Å². The van der Waals surface area contributed by atoms with E-state index in [2.05, 4.69) is 48.5 Å². The summed E-state index contributed by atoms with van der Waals surface area (Å²) in [5, 5.41) is 2.54. The summed E-state index contributed by atoms with van der Waals surface area (Å²) in [5.74, 6) is 0. The molecule has 2 aromatic rings. The van der Waals surface area contributed by atoms with Crippen LogP contribution in [-0.4, -0.2) is 33.3 Å². The molecule has 0 radical (unpaired) electrons. The number of hydrogen-bond acceptors (Lipinski definition) is 2. The number of halogens is 1.